The molecule has 2 fully saturated rings. The van der Waals surface area contributed by atoms with Crippen LogP contribution in [-0.4, -0.2) is 42.8 Å². The first-order chi connectivity index (χ1) is 7.27. The molecule has 86 valence electrons. The Morgan fingerprint density at radius 2 is 2.33 bits per heavy atom. The molecule has 0 aromatic carbocycles. The van der Waals surface area contributed by atoms with Crippen molar-refractivity contribution in [2.75, 3.05) is 13.2 Å². The fraction of sp³-hybridized carbons (Fsp3) is 0.900. The van der Waals surface area contributed by atoms with E-state index in [1.54, 1.807) is 0 Å². The monoisotopic (exact) mass is 216 g/mol. The van der Waals surface area contributed by atoms with E-state index in [-0.39, 0.29) is 12.4 Å². The Kier molecular flexibility index (Phi) is 3.56. The molecule has 0 aliphatic carbocycles. The van der Waals surface area contributed by atoms with Crippen molar-refractivity contribution >= 4 is 5.97 Å². The molecule has 2 rings (SSSR count). The van der Waals surface area contributed by atoms with Crippen molar-refractivity contribution in [2.45, 2.75) is 44.2 Å². The predicted octanol–water partition coefficient (Wildman–Crippen LogP) is 0.772. The minimum absolute atomic E-state index is 0.0965. The number of epoxide rings is 1. The average molecular weight is 216 g/mol. The van der Waals surface area contributed by atoms with Crippen molar-refractivity contribution in [3.63, 3.8) is 0 Å². The van der Waals surface area contributed by atoms with Gasteiger partial charge in [-0.25, -0.2) is 4.79 Å². The highest BCUT2D eigenvalue weighted by Gasteiger charge is 2.44. The summed E-state index contributed by atoms with van der Waals surface area (Å²) in [6.07, 6.45) is 2.95. The number of hydrogen-bond donors (Lipinski definition) is 1. The number of hydrogen-bond acceptors (Lipinski definition) is 4. The molecule has 0 bridgehead atoms. The van der Waals surface area contributed by atoms with Crippen LogP contribution in [-0.2, 0) is 19.0 Å². The molecule has 15 heavy (non-hydrogen) atoms. The topological polar surface area (TPSA) is 68.3 Å². The van der Waals surface area contributed by atoms with Crippen molar-refractivity contribution in [1.29, 1.82) is 0 Å². The zero-order chi connectivity index (χ0) is 10.7. The molecule has 1 N–H and O–H groups in total. The number of carbonyl (C=O) groups is 1. The van der Waals surface area contributed by atoms with E-state index in [1.165, 1.54) is 0 Å². The maximum atomic E-state index is 10.4. The van der Waals surface area contributed by atoms with E-state index < -0.39 is 12.1 Å². The zero-order valence-electron chi connectivity index (χ0n) is 8.55. The second-order valence-electron chi connectivity index (χ2n) is 3.89. The molecular weight excluding hydrogens is 200 g/mol. The van der Waals surface area contributed by atoms with E-state index in [2.05, 4.69) is 0 Å². The fourth-order valence-corrected chi connectivity index (χ4v) is 1.74. The standard InChI is InChI=1S/C10H16O5/c11-10(12)9-7(15-9)4-6-14-8-3-1-2-5-13-8/h7-9H,1-6H2,(H,11,12)/t7-,8?,9+/m0/s1. The summed E-state index contributed by atoms with van der Waals surface area (Å²) in [6.45, 7) is 1.28. The van der Waals surface area contributed by atoms with Crippen LogP contribution in [0.2, 0.25) is 0 Å². The minimum Gasteiger partial charge on any atom is -0.479 e. The van der Waals surface area contributed by atoms with Gasteiger partial charge in [0, 0.05) is 13.0 Å². The Balaban J connectivity index is 1.54. The molecule has 0 saturated carbocycles. The van der Waals surface area contributed by atoms with E-state index in [9.17, 15) is 4.79 Å². The highest BCUT2D eigenvalue weighted by atomic mass is 16.7. The molecule has 3 atom stereocenters. The first kappa shape index (κ1) is 10.9. The summed E-state index contributed by atoms with van der Waals surface area (Å²) in [5.74, 6) is -0.881. The lowest BCUT2D eigenvalue weighted by molar-refractivity contribution is -0.163. The second-order valence-corrected chi connectivity index (χ2v) is 3.89. The van der Waals surface area contributed by atoms with E-state index in [1.807, 2.05) is 0 Å². The highest BCUT2D eigenvalue weighted by Crippen LogP contribution is 2.25. The quantitative estimate of drug-likeness (QED) is 0.687. The summed E-state index contributed by atoms with van der Waals surface area (Å²) >= 11 is 0. The predicted molar refractivity (Wildman–Crippen MR) is 50.5 cm³/mol. The van der Waals surface area contributed by atoms with Gasteiger partial charge in [0.05, 0.1) is 12.7 Å². The van der Waals surface area contributed by atoms with Crippen LogP contribution in [0.1, 0.15) is 25.7 Å². The number of carboxylic acids is 1. The van der Waals surface area contributed by atoms with Crippen LogP contribution in [0.5, 0.6) is 0 Å². The SMILES string of the molecule is O=C(O)[C@@H]1O[C@H]1CCOC1CCCCO1. The summed E-state index contributed by atoms with van der Waals surface area (Å²) in [7, 11) is 0. The number of rotatable bonds is 5. The summed E-state index contributed by atoms with van der Waals surface area (Å²) in [5, 5.41) is 8.58. The molecule has 0 aromatic heterocycles. The van der Waals surface area contributed by atoms with Crippen molar-refractivity contribution < 1.29 is 24.1 Å². The van der Waals surface area contributed by atoms with Gasteiger partial charge >= 0.3 is 5.97 Å². The van der Waals surface area contributed by atoms with Crippen molar-refractivity contribution in [3.8, 4) is 0 Å². The zero-order valence-corrected chi connectivity index (χ0v) is 8.55. The lowest BCUT2D eigenvalue weighted by Crippen LogP contribution is -2.23. The number of aliphatic carboxylic acids is 1. The van der Waals surface area contributed by atoms with Gasteiger partial charge in [-0.1, -0.05) is 0 Å². The molecule has 0 spiro atoms. The van der Waals surface area contributed by atoms with Gasteiger partial charge in [-0.15, -0.1) is 0 Å². The highest BCUT2D eigenvalue weighted by molar-refractivity contribution is 5.75. The van der Waals surface area contributed by atoms with E-state index >= 15 is 0 Å². The third kappa shape index (κ3) is 3.15. The molecule has 2 aliphatic rings. The Hall–Kier alpha value is -0.650. The van der Waals surface area contributed by atoms with Crippen LogP contribution in [0.3, 0.4) is 0 Å². The Bertz CT molecular complexity index is 224. The normalized spacial score (nSPS) is 35.1. The smallest absolute Gasteiger partial charge is 0.335 e. The summed E-state index contributed by atoms with van der Waals surface area (Å²) < 4.78 is 15.8. The molecular formula is C10H16O5. The Morgan fingerprint density at radius 1 is 1.47 bits per heavy atom. The lowest BCUT2D eigenvalue weighted by Gasteiger charge is -2.22. The number of ether oxygens (including phenoxy) is 3. The summed E-state index contributed by atoms with van der Waals surface area (Å²) in [5.41, 5.74) is 0. The molecule has 0 aromatic rings. The molecule has 1 unspecified atom stereocenters. The van der Waals surface area contributed by atoms with Crippen LogP contribution >= 0.6 is 0 Å². The first-order valence-electron chi connectivity index (χ1n) is 5.39. The molecule has 0 radical (unpaired) electrons. The van der Waals surface area contributed by atoms with Gasteiger partial charge in [0.2, 0.25) is 0 Å². The minimum atomic E-state index is -0.881. The summed E-state index contributed by atoms with van der Waals surface area (Å²) in [4.78, 5) is 10.4. The molecule has 2 heterocycles. The van der Waals surface area contributed by atoms with Crippen LogP contribution in [0, 0.1) is 0 Å². The van der Waals surface area contributed by atoms with Gasteiger partial charge < -0.3 is 19.3 Å². The lowest BCUT2D eigenvalue weighted by atomic mass is 10.2. The average Bonchev–Trinajstić information content (AvgIpc) is 2.99. The van der Waals surface area contributed by atoms with Gasteiger partial charge in [0.1, 0.15) is 0 Å². The molecule has 0 amide bonds. The van der Waals surface area contributed by atoms with Gasteiger partial charge in [-0.2, -0.15) is 0 Å². The van der Waals surface area contributed by atoms with Gasteiger partial charge in [0.15, 0.2) is 12.4 Å². The second kappa shape index (κ2) is 4.92. The van der Waals surface area contributed by atoms with Crippen molar-refractivity contribution in [1.82, 2.24) is 0 Å². The largest absolute Gasteiger partial charge is 0.479 e. The molecule has 2 aliphatic heterocycles. The third-order valence-electron chi connectivity index (χ3n) is 2.67. The maximum absolute atomic E-state index is 10.4. The first-order valence-corrected chi connectivity index (χ1v) is 5.39. The van der Waals surface area contributed by atoms with Crippen molar-refractivity contribution in [2.24, 2.45) is 0 Å². The third-order valence-corrected chi connectivity index (χ3v) is 2.67. The van der Waals surface area contributed by atoms with Crippen LogP contribution in [0.25, 0.3) is 0 Å². The van der Waals surface area contributed by atoms with Gasteiger partial charge in [0.25, 0.3) is 0 Å². The van der Waals surface area contributed by atoms with Gasteiger partial charge in [-0.3, -0.25) is 0 Å². The van der Waals surface area contributed by atoms with Crippen LogP contribution in [0.15, 0.2) is 0 Å². The Morgan fingerprint density at radius 3 is 2.93 bits per heavy atom. The van der Waals surface area contributed by atoms with E-state index in [0.29, 0.717) is 13.0 Å². The number of carboxylic acid groups (broad SMARTS) is 1. The fourth-order valence-electron chi connectivity index (χ4n) is 1.74. The van der Waals surface area contributed by atoms with E-state index in [0.717, 1.165) is 25.9 Å². The molecule has 5 heteroatoms. The van der Waals surface area contributed by atoms with Crippen LogP contribution in [0.4, 0.5) is 0 Å². The Labute approximate surface area is 88.3 Å². The summed E-state index contributed by atoms with van der Waals surface area (Å²) in [6, 6.07) is 0. The maximum Gasteiger partial charge on any atom is 0.335 e. The molecule has 2 saturated heterocycles. The van der Waals surface area contributed by atoms with Crippen molar-refractivity contribution in [3.05, 3.63) is 0 Å². The van der Waals surface area contributed by atoms with Gasteiger partial charge in [-0.05, 0) is 19.3 Å². The van der Waals surface area contributed by atoms with Crippen LogP contribution < -0.4 is 0 Å². The van der Waals surface area contributed by atoms with E-state index in [4.69, 9.17) is 19.3 Å². The molecule has 5 nitrogen and oxygen atoms in total.